The van der Waals surface area contributed by atoms with Gasteiger partial charge in [0.2, 0.25) is 11.7 Å². The van der Waals surface area contributed by atoms with Crippen molar-refractivity contribution in [2.75, 3.05) is 30.4 Å². The van der Waals surface area contributed by atoms with E-state index < -0.39 is 0 Å². The number of amides is 1. The summed E-state index contributed by atoms with van der Waals surface area (Å²) in [4.78, 5) is 19.3. The van der Waals surface area contributed by atoms with Gasteiger partial charge in [0.05, 0.1) is 12.8 Å². The lowest BCUT2D eigenvalue weighted by Gasteiger charge is -2.29. The van der Waals surface area contributed by atoms with Gasteiger partial charge in [-0.25, -0.2) is 0 Å². The summed E-state index contributed by atoms with van der Waals surface area (Å²) in [5.74, 6) is 1.21. The van der Waals surface area contributed by atoms with Crippen LogP contribution >= 0.6 is 0 Å². The van der Waals surface area contributed by atoms with Crippen LogP contribution in [0.4, 0.5) is 11.7 Å². The molecule has 0 radical (unpaired) electrons. The van der Waals surface area contributed by atoms with E-state index in [0.29, 0.717) is 36.4 Å². The highest BCUT2D eigenvalue weighted by molar-refractivity contribution is 5.94. The molecule has 0 atom stereocenters. The molecule has 1 saturated heterocycles. The standard InChI is InChI=1S/C22H24N4O3/c1-15-7-3-4-8-17(15)20-24-22(29-25-20)26-13-11-16(12-14-26)21(27)23-18-9-5-6-10-19(18)28-2/h3-10,16H,11-14H2,1-2H3,(H,23,27). The van der Waals surface area contributed by atoms with Gasteiger partial charge in [0, 0.05) is 24.6 Å². The molecule has 1 N–H and O–H groups in total. The number of anilines is 2. The number of ether oxygens (including phenoxy) is 1. The van der Waals surface area contributed by atoms with Gasteiger partial charge in [0.25, 0.3) is 0 Å². The van der Waals surface area contributed by atoms with Gasteiger partial charge in [-0.2, -0.15) is 4.98 Å². The number of rotatable bonds is 5. The Kier molecular flexibility index (Phi) is 5.46. The van der Waals surface area contributed by atoms with Crippen LogP contribution in [-0.2, 0) is 4.79 Å². The second-order valence-electron chi connectivity index (χ2n) is 7.17. The Balaban J connectivity index is 1.37. The average Bonchev–Trinajstić information content (AvgIpc) is 3.24. The zero-order chi connectivity index (χ0) is 20.2. The van der Waals surface area contributed by atoms with Crippen LogP contribution in [0.2, 0.25) is 0 Å². The minimum absolute atomic E-state index is 0.0141. The third-order valence-electron chi connectivity index (χ3n) is 5.30. The van der Waals surface area contributed by atoms with E-state index in [-0.39, 0.29) is 11.8 Å². The van der Waals surface area contributed by atoms with Crippen LogP contribution in [-0.4, -0.2) is 36.2 Å². The maximum absolute atomic E-state index is 12.7. The molecule has 2 heterocycles. The van der Waals surface area contributed by atoms with Gasteiger partial charge in [-0.3, -0.25) is 4.79 Å². The van der Waals surface area contributed by atoms with Crippen molar-refractivity contribution in [3.63, 3.8) is 0 Å². The molecule has 1 aliphatic heterocycles. The molecule has 1 aromatic heterocycles. The number of hydrogen-bond acceptors (Lipinski definition) is 6. The first-order valence-electron chi connectivity index (χ1n) is 9.74. The molecule has 1 amide bonds. The molecule has 0 spiro atoms. The van der Waals surface area contributed by atoms with Gasteiger partial charge in [-0.1, -0.05) is 41.6 Å². The zero-order valence-corrected chi connectivity index (χ0v) is 16.6. The Morgan fingerprint density at radius 3 is 2.62 bits per heavy atom. The minimum atomic E-state index is -0.0603. The van der Waals surface area contributed by atoms with Gasteiger partial charge >= 0.3 is 6.01 Å². The Morgan fingerprint density at radius 1 is 1.14 bits per heavy atom. The SMILES string of the molecule is COc1ccccc1NC(=O)C1CCN(c2nc(-c3ccccc3C)no2)CC1. The lowest BCUT2D eigenvalue weighted by atomic mass is 9.96. The molecular weight excluding hydrogens is 368 g/mol. The lowest BCUT2D eigenvalue weighted by molar-refractivity contribution is -0.120. The van der Waals surface area contributed by atoms with Crippen LogP contribution in [0.3, 0.4) is 0 Å². The summed E-state index contributed by atoms with van der Waals surface area (Å²) in [5.41, 5.74) is 2.77. The minimum Gasteiger partial charge on any atom is -0.495 e. The van der Waals surface area contributed by atoms with Crippen molar-refractivity contribution in [1.29, 1.82) is 0 Å². The number of piperidine rings is 1. The number of nitrogens with one attached hydrogen (secondary N) is 1. The second kappa shape index (κ2) is 8.34. The zero-order valence-electron chi connectivity index (χ0n) is 16.6. The fourth-order valence-electron chi connectivity index (χ4n) is 3.59. The van der Waals surface area contributed by atoms with Crippen molar-refractivity contribution < 1.29 is 14.1 Å². The maximum atomic E-state index is 12.7. The van der Waals surface area contributed by atoms with Crippen molar-refractivity contribution in [2.24, 2.45) is 5.92 Å². The monoisotopic (exact) mass is 392 g/mol. The lowest BCUT2D eigenvalue weighted by Crippen LogP contribution is -2.38. The molecule has 0 unspecified atom stereocenters. The van der Waals surface area contributed by atoms with Crippen LogP contribution in [0.25, 0.3) is 11.4 Å². The number of aromatic nitrogens is 2. The van der Waals surface area contributed by atoms with Gasteiger partial charge in [0.15, 0.2) is 0 Å². The molecule has 1 aliphatic rings. The molecular formula is C22H24N4O3. The summed E-state index contributed by atoms with van der Waals surface area (Å²) in [7, 11) is 1.60. The van der Waals surface area contributed by atoms with Crippen LogP contribution in [0, 0.1) is 12.8 Å². The first-order valence-corrected chi connectivity index (χ1v) is 9.74. The van der Waals surface area contributed by atoms with E-state index in [9.17, 15) is 4.79 Å². The molecule has 0 bridgehead atoms. The molecule has 1 fully saturated rings. The number of aryl methyl sites for hydroxylation is 1. The second-order valence-corrected chi connectivity index (χ2v) is 7.17. The van der Waals surface area contributed by atoms with E-state index in [1.807, 2.05) is 60.4 Å². The molecule has 2 aromatic carbocycles. The quantitative estimate of drug-likeness (QED) is 0.709. The summed E-state index contributed by atoms with van der Waals surface area (Å²) in [6, 6.07) is 15.9. The highest BCUT2D eigenvalue weighted by Gasteiger charge is 2.28. The third kappa shape index (κ3) is 4.08. The van der Waals surface area contributed by atoms with Gasteiger partial charge in [-0.15, -0.1) is 0 Å². The predicted octanol–water partition coefficient (Wildman–Crippen LogP) is 3.91. The molecule has 29 heavy (non-hydrogen) atoms. The summed E-state index contributed by atoms with van der Waals surface area (Å²) >= 11 is 0. The first kappa shape index (κ1) is 19.0. The number of carbonyl (C=O) groups is 1. The highest BCUT2D eigenvalue weighted by Crippen LogP contribution is 2.28. The molecule has 4 rings (SSSR count). The van der Waals surface area contributed by atoms with E-state index in [2.05, 4.69) is 15.5 Å². The fourth-order valence-corrected chi connectivity index (χ4v) is 3.59. The fraction of sp³-hybridized carbons (Fsp3) is 0.318. The highest BCUT2D eigenvalue weighted by atomic mass is 16.5. The predicted molar refractivity (Wildman–Crippen MR) is 111 cm³/mol. The summed E-state index contributed by atoms with van der Waals surface area (Å²) in [6.07, 6.45) is 1.45. The molecule has 3 aromatic rings. The van der Waals surface area contributed by atoms with Crippen LogP contribution < -0.4 is 15.0 Å². The third-order valence-corrected chi connectivity index (χ3v) is 5.30. The molecule has 0 saturated carbocycles. The molecule has 150 valence electrons. The number of methoxy groups -OCH3 is 1. The van der Waals surface area contributed by atoms with E-state index in [1.165, 1.54) is 0 Å². The summed E-state index contributed by atoms with van der Waals surface area (Å²) < 4.78 is 10.8. The number of hydrogen-bond donors (Lipinski definition) is 1. The molecule has 0 aliphatic carbocycles. The van der Waals surface area contributed by atoms with E-state index in [0.717, 1.165) is 24.0 Å². The van der Waals surface area contributed by atoms with Crippen molar-refractivity contribution >= 4 is 17.6 Å². The number of nitrogens with zero attached hydrogens (tertiary/aromatic N) is 3. The first-order chi connectivity index (χ1) is 14.2. The van der Waals surface area contributed by atoms with Crippen molar-refractivity contribution in [3.05, 3.63) is 54.1 Å². The van der Waals surface area contributed by atoms with Crippen molar-refractivity contribution in [2.45, 2.75) is 19.8 Å². The molecule has 7 heteroatoms. The van der Waals surface area contributed by atoms with Gasteiger partial charge in [-0.05, 0) is 37.5 Å². The Labute approximate surface area is 169 Å². The van der Waals surface area contributed by atoms with Crippen LogP contribution in [0.1, 0.15) is 18.4 Å². The molecule has 7 nitrogen and oxygen atoms in total. The van der Waals surface area contributed by atoms with E-state index >= 15 is 0 Å². The summed E-state index contributed by atoms with van der Waals surface area (Å²) in [6.45, 7) is 3.41. The maximum Gasteiger partial charge on any atom is 0.324 e. The topological polar surface area (TPSA) is 80.5 Å². The number of para-hydroxylation sites is 2. The summed E-state index contributed by atoms with van der Waals surface area (Å²) in [5, 5.41) is 7.11. The van der Waals surface area contributed by atoms with E-state index in [1.54, 1.807) is 7.11 Å². The van der Waals surface area contributed by atoms with Crippen LogP contribution in [0.15, 0.2) is 53.1 Å². The van der Waals surface area contributed by atoms with E-state index in [4.69, 9.17) is 9.26 Å². The average molecular weight is 392 g/mol. The van der Waals surface area contributed by atoms with Crippen LogP contribution in [0.5, 0.6) is 5.75 Å². The Bertz CT molecular complexity index is 993. The van der Waals surface area contributed by atoms with Gasteiger partial charge in [0.1, 0.15) is 5.75 Å². The van der Waals surface area contributed by atoms with Crippen molar-refractivity contribution in [1.82, 2.24) is 10.1 Å². The largest absolute Gasteiger partial charge is 0.495 e. The number of carbonyl (C=O) groups excluding carboxylic acids is 1. The normalized spacial score (nSPS) is 14.6. The number of benzene rings is 2. The Morgan fingerprint density at radius 2 is 1.86 bits per heavy atom. The van der Waals surface area contributed by atoms with Crippen molar-refractivity contribution in [3.8, 4) is 17.1 Å². The van der Waals surface area contributed by atoms with Gasteiger partial charge < -0.3 is 19.5 Å². The Hall–Kier alpha value is -3.35. The smallest absolute Gasteiger partial charge is 0.324 e.